The van der Waals surface area contributed by atoms with Crippen LogP contribution in [-0.2, 0) is 14.3 Å². The first-order valence-electron chi connectivity index (χ1n) is 6.84. The third-order valence-electron chi connectivity index (χ3n) is 4.11. The number of ether oxygens (including phenoxy) is 2. The Labute approximate surface area is 118 Å². The van der Waals surface area contributed by atoms with Crippen molar-refractivity contribution in [1.82, 2.24) is 10.2 Å². The number of urea groups is 1. The number of nitrogens with one attached hydrogen (secondary N) is 1. The van der Waals surface area contributed by atoms with Crippen molar-refractivity contribution >= 4 is 12.0 Å². The average Bonchev–Trinajstić information content (AvgIpc) is 2.75. The standard InChI is InChI=1S/C13H22N2O5/c1-8-5-20-9(2)4-15(8)12(18)14-10-6-19-7-13(10,3)11(16)17/h8-10H,4-7H2,1-3H3,(H,14,18)(H,16,17). The summed E-state index contributed by atoms with van der Waals surface area (Å²) in [5.41, 5.74) is -1.07. The first-order chi connectivity index (χ1) is 9.34. The van der Waals surface area contributed by atoms with Gasteiger partial charge in [0.2, 0.25) is 0 Å². The Hall–Kier alpha value is -1.34. The van der Waals surface area contributed by atoms with Gasteiger partial charge in [0.1, 0.15) is 5.41 Å². The number of carbonyl (C=O) groups excluding carboxylic acids is 1. The molecule has 7 heteroatoms. The number of carbonyl (C=O) groups is 2. The first kappa shape index (κ1) is 15.1. The highest BCUT2D eigenvalue weighted by atomic mass is 16.5. The molecule has 2 N–H and O–H groups in total. The van der Waals surface area contributed by atoms with Crippen LogP contribution in [0.4, 0.5) is 4.79 Å². The molecule has 2 amide bonds. The van der Waals surface area contributed by atoms with Crippen molar-refractivity contribution in [3.63, 3.8) is 0 Å². The maximum atomic E-state index is 12.3. The molecule has 2 aliphatic heterocycles. The van der Waals surface area contributed by atoms with Crippen LogP contribution in [0, 0.1) is 5.41 Å². The highest BCUT2D eigenvalue weighted by molar-refractivity contribution is 5.79. The number of carboxylic acid groups (broad SMARTS) is 1. The summed E-state index contributed by atoms with van der Waals surface area (Å²) in [5.74, 6) is -0.955. The maximum Gasteiger partial charge on any atom is 0.318 e. The van der Waals surface area contributed by atoms with Gasteiger partial charge in [-0.2, -0.15) is 0 Å². The van der Waals surface area contributed by atoms with Crippen LogP contribution in [0.25, 0.3) is 0 Å². The Bertz CT molecular complexity index is 402. The molecular formula is C13H22N2O5. The summed E-state index contributed by atoms with van der Waals surface area (Å²) in [7, 11) is 0. The lowest BCUT2D eigenvalue weighted by atomic mass is 9.85. The molecule has 0 bridgehead atoms. The van der Waals surface area contributed by atoms with Gasteiger partial charge in [-0.25, -0.2) is 4.79 Å². The van der Waals surface area contributed by atoms with Crippen molar-refractivity contribution < 1.29 is 24.2 Å². The van der Waals surface area contributed by atoms with E-state index in [1.807, 2.05) is 13.8 Å². The van der Waals surface area contributed by atoms with Gasteiger partial charge in [-0.05, 0) is 20.8 Å². The number of amides is 2. The van der Waals surface area contributed by atoms with Crippen LogP contribution >= 0.6 is 0 Å². The zero-order chi connectivity index (χ0) is 14.9. The molecule has 0 aromatic carbocycles. The number of morpholine rings is 1. The minimum absolute atomic E-state index is 0.0114. The van der Waals surface area contributed by atoms with Crippen LogP contribution in [0.5, 0.6) is 0 Å². The van der Waals surface area contributed by atoms with Crippen LogP contribution in [-0.4, -0.2) is 66.6 Å². The largest absolute Gasteiger partial charge is 0.481 e. The minimum Gasteiger partial charge on any atom is -0.481 e. The van der Waals surface area contributed by atoms with Crippen molar-refractivity contribution in [2.75, 3.05) is 26.4 Å². The van der Waals surface area contributed by atoms with E-state index in [0.717, 1.165) is 0 Å². The van der Waals surface area contributed by atoms with Crippen molar-refractivity contribution in [2.45, 2.75) is 39.0 Å². The molecule has 4 atom stereocenters. The highest BCUT2D eigenvalue weighted by Crippen LogP contribution is 2.29. The number of hydrogen-bond acceptors (Lipinski definition) is 4. The molecular weight excluding hydrogens is 264 g/mol. The molecule has 2 heterocycles. The minimum atomic E-state index is -1.07. The van der Waals surface area contributed by atoms with E-state index >= 15 is 0 Å². The van der Waals surface area contributed by atoms with Crippen molar-refractivity contribution in [2.24, 2.45) is 5.41 Å². The normalized spacial score (nSPS) is 37.8. The van der Waals surface area contributed by atoms with Crippen molar-refractivity contribution in [1.29, 1.82) is 0 Å². The third-order valence-corrected chi connectivity index (χ3v) is 4.11. The number of aliphatic carboxylic acids is 1. The molecule has 0 radical (unpaired) electrons. The Balaban J connectivity index is 2.02. The molecule has 0 aromatic heterocycles. The predicted molar refractivity (Wildman–Crippen MR) is 70.5 cm³/mol. The summed E-state index contributed by atoms with van der Waals surface area (Å²) in [6.45, 7) is 6.75. The zero-order valence-electron chi connectivity index (χ0n) is 12.1. The molecule has 114 valence electrons. The van der Waals surface area contributed by atoms with Gasteiger partial charge in [0.25, 0.3) is 0 Å². The summed E-state index contributed by atoms with van der Waals surface area (Å²) in [5, 5.41) is 12.1. The van der Waals surface area contributed by atoms with E-state index in [9.17, 15) is 14.7 Å². The van der Waals surface area contributed by atoms with Gasteiger partial charge >= 0.3 is 12.0 Å². The van der Waals surface area contributed by atoms with E-state index in [4.69, 9.17) is 9.47 Å². The van der Waals surface area contributed by atoms with Crippen molar-refractivity contribution in [3.05, 3.63) is 0 Å². The number of carboxylic acids is 1. The zero-order valence-corrected chi connectivity index (χ0v) is 12.1. The molecule has 2 rings (SSSR count). The smallest absolute Gasteiger partial charge is 0.318 e. The van der Waals surface area contributed by atoms with Crippen LogP contribution in [0.1, 0.15) is 20.8 Å². The summed E-state index contributed by atoms with van der Waals surface area (Å²) in [6, 6.07) is -0.793. The fourth-order valence-electron chi connectivity index (χ4n) is 2.50. The van der Waals surface area contributed by atoms with Crippen LogP contribution in [0.3, 0.4) is 0 Å². The Morgan fingerprint density at radius 2 is 2.05 bits per heavy atom. The third kappa shape index (κ3) is 2.73. The van der Waals surface area contributed by atoms with E-state index in [2.05, 4.69) is 5.32 Å². The number of hydrogen-bond donors (Lipinski definition) is 2. The Morgan fingerprint density at radius 1 is 1.35 bits per heavy atom. The highest BCUT2D eigenvalue weighted by Gasteiger charge is 2.48. The summed E-state index contributed by atoms with van der Waals surface area (Å²) >= 11 is 0. The summed E-state index contributed by atoms with van der Waals surface area (Å²) < 4.78 is 10.7. The maximum absolute atomic E-state index is 12.3. The Kier molecular flexibility index (Phi) is 4.19. The molecule has 20 heavy (non-hydrogen) atoms. The monoisotopic (exact) mass is 286 g/mol. The van der Waals surface area contributed by atoms with Gasteiger partial charge in [-0.1, -0.05) is 0 Å². The second kappa shape index (κ2) is 5.57. The SMILES string of the molecule is CC1CN(C(=O)NC2COCC2(C)C(=O)O)C(C)CO1. The second-order valence-corrected chi connectivity index (χ2v) is 5.89. The molecule has 2 aliphatic rings. The molecule has 7 nitrogen and oxygen atoms in total. The van der Waals surface area contributed by atoms with Gasteiger partial charge in [0.15, 0.2) is 0 Å². The lowest BCUT2D eigenvalue weighted by Crippen LogP contribution is -2.58. The van der Waals surface area contributed by atoms with E-state index in [1.54, 1.807) is 11.8 Å². The van der Waals surface area contributed by atoms with Gasteiger partial charge in [0.05, 0.1) is 38.0 Å². The summed E-state index contributed by atoms with van der Waals surface area (Å²) in [4.78, 5) is 25.4. The van der Waals surface area contributed by atoms with Crippen LogP contribution in [0.2, 0.25) is 0 Å². The van der Waals surface area contributed by atoms with Gasteiger partial charge < -0.3 is 24.8 Å². The van der Waals surface area contributed by atoms with E-state index < -0.39 is 17.4 Å². The molecule has 2 saturated heterocycles. The van der Waals surface area contributed by atoms with Gasteiger partial charge in [0, 0.05) is 6.54 Å². The molecule has 0 saturated carbocycles. The second-order valence-electron chi connectivity index (χ2n) is 5.89. The lowest BCUT2D eigenvalue weighted by molar-refractivity contribution is -0.148. The molecule has 0 spiro atoms. The van der Waals surface area contributed by atoms with E-state index in [1.165, 1.54) is 0 Å². The Morgan fingerprint density at radius 3 is 2.70 bits per heavy atom. The molecule has 0 aromatic rings. The fourth-order valence-corrected chi connectivity index (χ4v) is 2.50. The lowest BCUT2D eigenvalue weighted by Gasteiger charge is -2.38. The van der Waals surface area contributed by atoms with Crippen LogP contribution in [0.15, 0.2) is 0 Å². The average molecular weight is 286 g/mol. The van der Waals surface area contributed by atoms with Crippen LogP contribution < -0.4 is 5.32 Å². The predicted octanol–water partition coefficient (Wildman–Crippen LogP) is 0.295. The first-order valence-corrected chi connectivity index (χ1v) is 6.84. The van der Waals surface area contributed by atoms with Gasteiger partial charge in [-0.15, -0.1) is 0 Å². The number of nitrogens with zero attached hydrogens (tertiary/aromatic N) is 1. The van der Waals surface area contributed by atoms with E-state index in [-0.39, 0.29) is 31.4 Å². The topological polar surface area (TPSA) is 88.1 Å². The quantitative estimate of drug-likeness (QED) is 0.762. The summed E-state index contributed by atoms with van der Waals surface area (Å²) in [6.07, 6.45) is -0.0114. The van der Waals surface area contributed by atoms with Gasteiger partial charge in [-0.3, -0.25) is 4.79 Å². The molecule has 4 unspecified atom stereocenters. The van der Waals surface area contributed by atoms with Crippen molar-refractivity contribution in [3.8, 4) is 0 Å². The molecule has 2 fully saturated rings. The number of rotatable bonds is 2. The van der Waals surface area contributed by atoms with E-state index in [0.29, 0.717) is 13.2 Å². The molecule has 0 aliphatic carbocycles. The fraction of sp³-hybridized carbons (Fsp3) is 0.846.